The molecule has 0 amide bonds. The van der Waals surface area contributed by atoms with Gasteiger partial charge in [0.2, 0.25) is 0 Å². The third kappa shape index (κ3) is 3.66. The normalized spacial score (nSPS) is 11.2. The van der Waals surface area contributed by atoms with E-state index in [-0.39, 0.29) is 18.8 Å². The van der Waals surface area contributed by atoms with Crippen molar-refractivity contribution in [2.24, 2.45) is 5.73 Å². The second-order valence-electron chi connectivity index (χ2n) is 2.93. The smallest absolute Gasteiger partial charge is 0.269 e. The molecule has 0 fully saturated rings. The van der Waals surface area contributed by atoms with Crippen LogP contribution in [0, 0.1) is 10.1 Å². The monoisotopic (exact) mass is 226 g/mol. The highest BCUT2D eigenvalue weighted by Gasteiger charge is 2.04. The third-order valence-corrected chi connectivity index (χ3v) is 1.76. The maximum Gasteiger partial charge on any atom is 0.269 e. The molecule has 2 N–H and O–H groups in total. The molecule has 0 heterocycles. The molecule has 16 heavy (non-hydrogen) atoms. The lowest BCUT2D eigenvalue weighted by atomic mass is 10.3. The zero-order valence-corrected chi connectivity index (χ0v) is 8.43. The van der Waals surface area contributed by atoms with E-state index in [4.69, 9.17) is 10.5 Å². The summed E-state index contributed by atoms with van der Waals surface area (Å²) < 4.78 is 17.9. The Kier molecular flexibility index (Phi) is 4.41. The van der Waals surface area contributed by atoms with Gasteiger partial charge < -0.3 is 10.5 Å². The molecule has 0 spiro atoms. The molecule has 0 saturated heterocycles. The summed E-state index contributed by atoms with van der Waals surface area (Å²) in [6.45, 7) is -0.121. The van der Waals surface area contributed by atoms with Crippen LogP contribution in [0.3, 0.4) is 0 Å². The summed E-state index contributed by atoms with van der Waals surface area (Å²) >= 11 is 0. The van der Waals surface area contributed by atoms with Crippen molar-refractivity contribution >= 4 is 5.69 Å². The maximum absolute atomic E-state index is 12.8. The van der Waals surface area contributed by atoms with Crippen molar-refractivity contribution in [2.45, 2.75) is 0 Å². The molecule has 1 aromatic rings. The lowest BCUT2D eigenvalue weighted by Crippen LogP contribution is -2.01. The zero-order valence-electron chi connectivity index (χ0n) is 8.43. The molecule has 1 aromatic carbocycles. The first kappa shape index (κ1) is 12.1. The van der Waals surface area contributed by atoms with Gasteiger partial charge >= 0.3 is 0 Å². The molecular weight excluding hydrogens is 215 g/mol. The quantitative estimate of drug-likeness (QED) is 0.613. The average molecular weight is 226 g/mol. The lowest BCUT2D eigenvalue weighted by molar-refractivity contribution is -0.384. The Morgan fingerprint density at radius 2 is 2.12 bits per heavy atom. The Morgan fingerprint density at radius 1 is 1.50 bits per heavy atom. The molecule has 0 aliphatic heterocycles. The fraction of sp³-hybridized carbons (Fsp3) is 0.200. The van der Waals surface area contributed by atoms with Gasteiger partial charge in [0.25, 0.3) is 5.69 Å². The molecule has 86 valence electrons. The highest BCUT2D eigenvalue weighted by Crippen LogP contribution is 2.17. The number of nitro benzene ring substituents is 1. The van der Waals surface area contributed by atoms with Crippen LogP contribution < -0.4 is 10.5 Å². The van der Waals surface area contributed by atoms with E-state index in [2.05, 4.69) is 0 Å². The summed E-state index contributed by atoms with van der Waals surface area (Å²) in [5.74, 6) is -0.105. The van der Waals surface area contributed by atoms with Gasteiger partial charge in [0.15, 0.2) is 0 Å². The predicted octanol–water partition coefficient (Wildman–Crippen LogP) is 1.79. The lowest BCUT2D eigenvalue weighted by Gasteiger charge is -2.03. The molecule has 0 unspecified atom stereocenters. The number of ether oxygens (including phenoxy) is 1. The Hall–Kier alpha value is -1.95. The number of hydrogen-bond donors (Lipinski definition) is 1. The van der Waals surface area contributed by atoms with Crippen LogP contribution in [0.4, 0.5) is 10.1 Å². The maximum atomic E-state index is 12.8. The van der Waals surface area contributed by atoms with Crippen molar-refractivity contribution in [3.63, 3.8) is 0 Å². The number of nitrogens with zero attached hydrogens (tertiary/aromatic N) is 1. The van der Waals surface area contributed by atoms with Crippen LogP contribution in [0.15, 0.2) is 36.2 Å². The number of nitro groups is 1. The van der Waals surface area contributed by atoms with Gasteiger partial charge in [-0.15, -0.1) is 0 Å². The molecular formula is C10H11FN2O3. The Labute approximate surface area is 91.5 Å². The Balaban J connectivity index is 2.56. The van der Waals surface area contributed by atoms with E-state index in [1.807, 2.05) is 0 Å². The average Bonchev–Trinajstić information content (AvgIpc) is 2.27. The van der Waals surface area contributed by atoms with Gasteiger partial charge in [-0.05, 0) is 18.2 Å². The van der Waals surface area contributed by atoms with Crippen LogP contribution in [0.2, 0.25) is 0 Å². The summed E-state index contributed by atoms with van der Waals surface area (Å²) in [5, 5.41) is 10.3. The molecule has 1 rings (SSSR count). The van der Waals surface area contributed by atoms with Gasteiger partial charge in [0.05, 0.1) is 4.92 Å². The second kappa shape index (κ2) is 5.82. The van der Waals surface area contributed by atoms with Crippen LogP contribution in [-0.2, 0) is 0 Å². The predicted molar refractivity (Wildman–Crippen MR) is 56.8 cm³/mol. The largest absolute Gasteiger partial charge is 0.487 e. The summed E-state index contributed by atoms with van der Waals surface area (Å²) in [7, 11) is 0. The topological polar surface area (TPSA) is 78.4 Å². The minimum Gasteiger partial charge on any atom is -0.487 e. The first-order valence-electron chi connectivity index (χ1n) is 4.55. The number of non-ortho nitro benzene ring substituents is 1. The van der Waals surface area contributed by atoms with Crippen molar-refractivity contribution in [3.8, 4) is 5.75 Å². The molecule has 5 nitrogen and oxygen atoms in total. The zero-order chi connectivity index (χ0) is 12.0. The first-order chi connectivity index (χ1) is 7.63. The molecule has 0 atom stereocenters. The summed E-state index contributed by atoms with van der Waals surface area (Å²) in [5.41, 5.74) is 5.07. The van der Waals surface area contributed by atoms with Crippen molar-refractivity contribution in [3.05, 3.63) is 46.3 Å². The summed E-state index contributed by atoms with van der Waals surface area (Å²) in [4.78, 5) is 9.83. The van der Waals surface area contributed by atoms with E-state index >= 15 is 0 Å². The van der Waals surface area contributed by atoms with Crippen LogP contribution >= 0.6 is 0 Å². The molecule has 0 saturated carbocycles. The highest BCUT2D eigenvalue weighted by molar-refractivity contribution is 5.36. The van der Waals surface area contributed by atoms with Crippen molar-refractivity contribution < 1.29 is 14.1 Å². The fourth-order valence-corrected chi connectivity index (χ4v) is 1.00. The first-order valence-corrected chi connectivity index (χ1v) is 4.55. The number of rotatable bonds is 5. The number of benzene rings is 1. The fourth-order valence-electron chi connectivity index (χ4n) is 1.00. The van der Waals surface area contributed by atoms with E-state index in [9.17, 15) is 14.5 Å². The minimum atomic E-state index is -0.515. The van der Waals surface area contributed by atoms with E-state index in [0.29, 0.717) is 5.75 Å². The number of nitrogens with two attached hydrogens (primary N) is 1. The van der Waals surface area contributed by atoms with E-state index in [1.54, 1.807) is 0 Å². The molecule has 0 aliphatic carbocycles. The summed E-state index contributed by atoms with van der Waals surface area (Å²) in [6.07, 6.45) is 1.20. The van der Waals surface area contributed by atoms with Crippen LogP contribution in [0.1, 0.15) is 0 Å². The Morgan fingerprint density at radius 3 is 2.62 bits per heavy atom. The molecule has 6 heteroatoms. The van der Waals surface area contributed by atoms with Crippen molar-refractivity contribution in [1.29, 1.82) is 0 Å². The summed E-state index contributed by atoms with van der Waals surface area (Å²) in [6, 6.07) is 5.40. The van der Waals surface area contributed by atoms with Gasteiger partial charge in [-0.3, -0.25) is 10.1 Å². The van der Waals surface area contributed by atoms with Gasteiger partial charge in [0, 0.05) is 18.7 Å². The SMILES string of the molecule is NC/C=C(\F)COc1ccc([N+](=O)[O-])cc1. The standard InChI is InChI=1S/C10H11FN2O3/c11-8(5-6-12)7-16-10-3-1-9(2-4-10)13(14)15/h1-5H,6-7,12H2/b8-5-. The number of halogens is 1. The van der Waals surface area contributed by atoms with Gasteiger partial charge in [-0.25, -0.2) is 4.39 Å². The van der Waals surface area contributed by atoms with E-state index in [1.165, 1.54) is 30.3 Å². The van der Waals surface area contributed by atoms with Crippen LogP contribution in [0.5, 0.6) is 5.75 Å². The van der Waals surface area contributed by atoms with E-state index in [0.717, 1.165) is 0 Å². The van der Waals surface area contributed by atoms with E-state index < -0.39 is 10.8 Å². The van der Waals surface area contributed by atoms with Crippen LogP contribution in [0.25, 0.3) is 0 Å². The second-order valence-corrected chi connectivity index (χ2v) is 2.93. The third-order valence-electron chi connectivity index (χ3n) is 1.76. The van der Waals surface area contributed by atoms with Crippen molar-refractivity contribution in [2.75, 3.05) is 13.2 Å². The van der Waals surface area contributed by atoms with Crippen LogP contribution in [-0.4, -0.2) is 18.1 Å². The van der Waals surface area contributed by atoms with Gasteiger partial charge in [-0.2, -0.15) is 0 Å². The molecule has 0 aliphatic rings. The number of hydrogen-bond acceptors (Lipinski definition) is 4. The highest BCUT2D eigenvalue weighted by atomic mass is 19.1. The minimum absolute atomic E-state index is 0.0367. The molecule has 0 radical (unpaired) electrons. The molecule has 0 bridgehead atoms. The molecule has 0 aromatic heterocycles. The van der Waals surface area contributed by atoms with Crippen molar-refractivity contribution in [1.82, 2.24) is 0 Å². The Bertz CT molecular complexity index is 390. The van der Waals surface area contributed by atoms with Gasteiger partial charge in [-0.1, -0.05) is 0 Å². The van der Waals surface area contributed by atoms with Gasteiger partial charge in [0.1, 0.15) is 18.2 Å².